The van der Waals surface area contributed by atoms with Crippen LogP contribution in [0.15, 0.2) is 11.6 Å². The van der Waals surface area contributed by atoms with Gasteiger partial charge in [-0.15, -0.1) is 0 Å². The van der Waals surface area contributed by atoms with E-state index in [0.717, 1.165) is 11.8 Å². The molecule has 0 aromatic heterocycles. The van der Waals surface area contributed by atoms with E-state index in [1.807, 2.05) is 0 Å². The molecule has 0 radical (unpaired) electrons. The first-order chi connectivity index (χ1) is 4.61. The average Bonchev–Trinajstić information content (AvgIpc) is 2.17. The van der Waals surface area contributed by atoms with Crippen LogP contribution in [0.4, 0.5) is 0 Å². The molecule has 2 aliphatic rings. The summed E-state index contributed by atoms with van der Waals surface area (Å²) in [6.45, 7) is 7.10. The Kier molecular flexibility index (Phi) is 1.07. The zero-order valence-electron chi connectivity index (χ0n) is 7.15. The van der Waals surface area contributed by atoms with Crippen molar-refractivity contribution in [1.82, 2.24) is 0 Å². The van der Waals surface area contributed by atoms with Crippen LogP contribution in [0.5, 0.6) is 0 Å². The largest absolute Gasteiger partial charge is 0.0793 e. The molecule has 0 amide bonds. The molecule has 0 heteroatoms. The average molecular weight is 136 g/mol. The van der Waals surface area contributed by atoms with Gasteiger partial charge in [-0.05, 0) is 37.0 Å². The number of hydrogen-bond acceptors (Lipinski definition) is 0. The lowest BCUT2D eigenvalue weighted by atomic mass is 9.85. The van der Waals surface area contributed by atoms with Crippen LogP contribution < -0.4 is 0 Å². The summed E-state index contributed by atoms with van der Waals surface area (Å²) in [7, 11) is 0. The number of fused-ring (bicyclic) bond motifs is 2. The predicted molar refractivity (Wildman–Crippen MR) is 43.8 cm³/mol. The van der Waals surface area contributed by atoms with Gasteiger partial charge in [0.2, 0.25) is 0 Å². The van der Waals surface area contributed by atoms with E-state index in [1.54, 1.807) is 5.57 Å². The van der Waals surface area contributed by atoms with Crippen molar-refractivity contribution in [2.24, 2.45) is 17.3 Å². The maximum absolute atomic E-state index is 2.50. The molecule has 1 fully saturated rings. The van der Waals surface area contributed by atoms with Crippen LogP contribution in [0.3, 0.4) is 0 Å². The lowest BCUT2D eigenvalue weighted by Crippen LogP contribution is -2.09. The molecular formula is C10H16. The highest BCUT2D eigenvalue weighted by Gasteiger charge is 2.44. The SMILES string of the molecule is CC1=CC2(C)CC(C)C1C2. The third-order valence-corrected chi connectivity index (χ3v) is 3.32. The molecular weight excluding hydrogens is 120 g/mol. The highest BCUT2D eigenvalue weighted by molar-refractivity contribution is 5.23. The number of hydrogen-bond donors (Lipinski definition) is 0. The first-order valence-electron chi connectivity index (χ1n) is 4.30. The zero-order chi connectivity index (χ0) is 7.35. The van der Waals surface area contributed by atoms with Gasteiger partial charge in [-0.25, -0.2) is 0 Å². The Morgan fingerprint density at radius 1 is 1.50 bits per heavy atom. The van der Waals surface area contributed by atoms with E-state index in [-0.39, 0.29) is 0 Å². The van der Waals surface area contributed by atoms with Crippen molar-refractivity contribution in [2.75, 3.05) is 0 Å². The van der Waals surface area contributed by atoms with Gasteiger partial charge in [-0.1, -0.05) is 25.5 Å². The summed E-state index contributed by atoms with van der Waals surface area (Å²) in [5, 5.41) is 0. The molecule has 56 valence electrons. The van der Waals surface area contributed by atoms with Crippen molar-refractivity contribution in [3.63, 3.8) is 0 Å². The maximum atomic E-state index is 2.50. The normalized spacial score (nSPS) is 51.7. The fraction of sp³-hybridized carbons (Fsp3) is 0.800. The summed E-state index contributed by atoms with van der Waals surface area (Å²) in [6, 6.07) is 0. The number of rotatable bonds is 0. The predicted octanol–water partition coefficient (Wildman–Crippen LogP) is 3.00. The van der Waals surface area contributed by atoms with E-state index in [0.29, 0.717) is 5.41 Å². The third kappa shape index (κ3) is 0.680. The maximum Gasteiger partial charge on any atom is -0.0135 e. The minimum absolute atomic E-state index is 0.591. The molecule has 0 saturated heterocycles. The van der Waals surface area contributed by atoms with Crippen molar-refractivity contribution < 1.29 is 0 Å². The molecule has 0 spiro atoms. The van der Waals surface area contributed by atoms with Gasteiger partial charge in [-0.3, -0.25) is 0 Å². The van der Waals surface area contributed by atoms with Crippen LogP contribution >= 0.6 is 0 Å². The molecule has 0 aromatic rings. The number of allylic oxidation sites excluding steroid dienone is 2. The van der Waals surface area contributed by atoms with E-state index in [2.05, 4.69) is 26.8 Å². The van der Waals surface area contributed by atoms with E-state index < -0.39 is 0 Å². The fourth-order valence-corrected chi connectivity index (χ4v) is 3.05. The smallest absolute Gasteiger partial charge is 0.0135 e. The van der Waals surface area contributed by atoms with Gasteiger partial charge >= 0.3 is 0 Å². The Hall–Kier alpha value is -0.260. The second-order valence-electron chi connectivity index (χ2n) is 4.53. The van der Waals surface area contributed by atoms with E-state index in [1.165, 1.54) is 12.8 Å². The quantitative estimate of drug-likeness (QED) is 0.449. The van der Waals surface area contributed by atoms with Crippen molar-refractivity contribution in [1.29, 1.82) is 0 Å². The summed E-state index contributed by atoms with van der Waals surface area (Å²) in [6.07, 6.45) is 5.35. The first kappa shape index (κ1) is 6.45. The Balaban J connectivity index is 2.34. The molecule has 3 atom stereocenters. The minimum Gasteiger partial charge on any atom is -0.0793 e. The third-order valence-electron chi connectivity index (χ3n) is 3.32. The van der Waals surface area contributed by atoms with Crippen LogP contribution in [0.25, 0.3) is 0 Å². The Bertz CT molecular complexity index is 190. The summed E-state index contributed by atoms with van der Waals surface area (Å²) in [5.41, 5.74) is 2.25. The van der Waals surface area contributed by atoms with Gasteiger partial charge in [0.25, 0.3) is 0 Å². The van der Waals surface area contributed by atoms with Gasteiger partial charge in [-0.2, -0.15) is 0 Å². The Morgan fingerprint density at radius 3 is 2.50 bits per heavy atom. The van der Waals surface area contributed by atoms with Crippen LogP contribution in [0, 0.1) is 17.3 Å². The highest BCUT2D eigenvalue weighted by atomic mass is 14.5. The molecule has 3 unspecified atom stereocenters. The summed E-state index contributed by atoms with van der Waals surface area (Å²) in [5.74, 6) is 1.89. The lowest BCUT2D eigenvalue weighted by molar-refractivity contribution is 0.416. The molecule has 0 nitrogen and oxygen atoms in total. The van der Waals surface area contributed by atoms with Gasteiger partial charge in [0.1, 0.15) is 0 Å². The van der Waals surface area contributed by atoms with Gasteiger partial charge in [0.15, 0.2) is 0 Å². The zero-order valence-corrected chi connectivity index (χ0v) is 7.15. The van der Waals surface area contributed by atoms with Crippen molar-refractivity contribution in [3.8, 4) is 0 Å². The summed E-state index contributed by atoms with van der Waals surface area (Å²) >= 11 is 0. The standard InChI is InChI=1S/C10H16/c1-7-4-10(3)5-8(2)9(7)6-10/h4,8-9H,5-6H2,1-3H3. The van der Waals surface area contributed by atoms with Crippen molar-refractivity contribution in [3.05, 3.63) is 11.6 Å². The monoisotopic (exact) mass is 136 g/mol. The lowest BCUT2D eigenvalue weighted by Gasteiger charge is -2.21. The fourth-order valence-electron chi connectivity index (χ4n) is 3.05. The van der Waals surface area contributed by atoms with Crippen molar-refractivity contribution >= 4 is 0 Å². The van der Waals surface area contributed by atoms with Gasteiger partial charge in [0.05, 0.1) is 0 Å². The molecule has 1 saturated carbocycles. The molecule has 10 heavy (non-hydrogen) atoms. The van der Waals surface area contributed by atoms with Gasteiger partial charge < -0.3 is 0 Å². The van der Waals surface area contributed by atoms with E-state index in [9.17, 15) is 0 Å². The van der Waals surface area contributed by atoms with Crippen LogP contribution in [-0.2, 0) is 0 Å². The van der Waals surface area contributed by atoms with Crippen LogP contribution in [-0.4, -0.2) is 0 Å². The molecule has 0 heterocycles. The Morgan fingerprint density at radius 2 is 2.20 bits per heavy atom. The second-order valence-corrected chi connectivity index (χ2v) is 4.53. The molecule has 2 bridgehead atoms. The summed E-state index contributed by atoms with van der Waals surface area (Å²) < 4.78 is 0. The second kappa shape index (κ2) is 1.66. The molecule has 0 aliphatic heterocycles. The molecule has 2 aliphatic carbocycles. The molecule has 0 N–H and O–H groups in total. The van der Waals surface area contributed by atoms with Crippen LogP contribution in [0.2, 0.25) is 0 Å². The first-order valence-corrected chi connectivity index (χ1v) is 4.30. The topological polar surface area (TPSA) is 0 Å². The molecule has 0 aromatic carbocycles. The van der Waals surface area contributed by atoms with E-state index >= 15 is 0 Å². The van der Waals surface area contributed by atoms with Gasteiger partial charge in [0, 0.05) is 0 Å². The van der Waals surface area contributed by atoms with E-state index in [4.69, 9.17) is 0 Å². The molecule has 2 rings (SSSR count). The van der Waals surface area contributed by atoms with Crippen molar-refractivity contribution in [2.45, 2.75) is 33.6 Å². The highest BCUT2D eigenvalue weighted by Crippen LogP contribution is 2.54. The Labute approximate surface area is 63.3 Å². The summed E-state index contributed by atoms with van der Waals surface area (Å²) in [4.78, 5) is 0. The van der Waals surface area contributed by atoms with Crippen LogP contribution in [0.1, 0.15) is 33.6 Å². The minimum atomic E-state index is 0.591.